The molecule has 3 rings (SSSR count). The SMILES string of the molecule is Cc1cc(/C=N/Nc2ccc(C(=O)O)cc2)c(C)n1Cc1ccco1. The average Bonchev–Trinajstić information content (AvgIpc) is 3.20. The van der Waals surface area contributed by atoms with Gasteiger partial charge in [0.25, 0.3) is 0 Å². The van der Waals surface area contributed by atoms with Crippen LogP contribution < -0.4 is 5.43 Å². The van der Waals surface area contributed by atoms with E-state index in [4.69, 9.17) is 9.52 Å². The van der Waals surface area contributed by atoms with E-state index in [9.17, 15) is 4.79 Å². The Kier molecular flexibility index (Phi) is 4.70. The number of hydrazone groups is 1. The van der Waals surface area contributed by atoms with E-state index in [0.717, 1.165) is 28.4 Å². The van der Waals surface area contributed by atoms with Gasteiger partial charge in [-0.2, -0.15) is 5.10 Å². The number of nitrogens with one attached hydrogen (secondary N) is 1. The van der Waals surface area contributed by atoms with Gasteiger partial charge in [-0.25, -0.2) is 4.79 Å². The third kappa shape index (κ3) is 3.80. The van der Waals surface area contributed by atoms with E-state index in [1.165, 1.54) is 12.1 Å². The Labute approximate surface area is 145 Å². The van der Waals surface area contributed by atoms with Crippen LogP contribution in [-0.4, -0.2) is 21.9 Å². The van der Waals surface area contributed by atoms with Crippen LogP contribution in [0, 0.1) is 13.8 Å². The zero-order chi connectivity index (χ0) is 17.8. The van der Waals surface area contributed by atoms with Crippen LogP contribution in [0.15, 0.2) is 58.2 Å². The molecule has 128 valence electrons. The molecule has 0 saturated heterocycles. The maximum absolute atomic E-state index is 10.8. The van der Waals surface area contributed by atoms with E-state index >= 15 is 0 Å². The largest absolute Gasteiger partial charge is 0.478 e. The van der Waals surface area contributed by atoms with Gasteiger partial charge in [0.1, 0.15) is 5.76 Å². The van der Waals surface area contributed by atoms with Crippen molar-refractivity contribution in [3.8, 4) is 0 Å². The molecule has 0 aliphatic carbocycles. The summed E-state index contributed by atoms with van der Waals surface area (Å²) in [6.07, 6.45) is 3.43. The van der Waals surface area contributed by atoms with Gasteiger partial charge in [-0.3, -0.25) is 5.43 Å². The molecule has 1 aromatic carbocycles. The lowest BCUT2D eigenvalue weighted by Gasteiger charge is -2.07. The van der Waals surface area contributed by atoms with Crippen LogP contribution in [0.1, 0.15) is 33.1 Å². The summed E-state index contributed by atoms with van der Waals surface area (Å²) < 4.78 is 7.58. The third-order valence-electron chi connectivity index (χ3n) is 4.04. The number of furan rings is 1. The fourth-order valence-corrected chi connectivity index (χ4v) is 2.62. The van der Waals surface area contributed by atoms with Crippen molar-refractivity contribution in [3.63, 3.8) is 0 Å². The number of carbonyl (C=O) groups is 1. The summed E-state index contributed by atoms with van der Waals surface area (Å²) >= 11 is 0. The monoisotopic (exact) mass is 337 g/mol. The van der Waals surface area contributed by atoms with E-state index in [1.54, 1.807) is 24.6 Å². The van der Waals surface area contributed by atoms with E-state index in [0.29, 0.717) is 6.54 Å². The first kappa shape index (κ1) is 16.6. The molecule has 0 atom stereocenters. The molecule has 25 heavy (non-hydrogen) atoms. The number of anilines is 1. The Hall–Kier alpha value is -3.28. The maximum Gasteiger partial charge on any atom is 0.335 e. The Morgan fingerprint density at radius 3 is 2.68 bits per heavy atom. The number of hydrogen-bond acceptors (Lipinski definition) is 4. The summed E-state index contributed by atoms with van der Waals surface area (Å²) in [5.41, 5.74) is 7.12. The molecule has 0 radical (unpaired) electrons. The molecule has 0 amide bonds. The summed E-state index contributed by atoms with van der Waals surface area (Å²) in [6, 6.07) is 12.3. The number of carboxylic acids is 1. The summed E-state index contributed by atoms with van der Waals surface area (Å²) in [7, 11) is 0. The number of benzene rings is 1. The van der Waals surface area contributed by atoms with Crippen molar-refractivity contribution in [3.05, 3.63) is 77.0 Å². The lowest BCUT2D eigenvalue weighted by molar-refractivity contribution is 0.0697. The minimum absolute atomic E-state index is 0.246. The first-order chi connectivity index (χ1) is 12.0. The molecule has 0 unspecified atom stereocenters. The highest BCUT2D eigenvalue weighted by Crippen LogP contribution is 2.16. The van der Waals surface area contributed by atoms with E-state index < -0.39 is 5.97 Å². The van der Waals surface area contributed by atoms with Crippen molar-refractivity contribution in [2.75, 3.05) is 5.43 Å². The number of nitrogens with zero attached hydrogens (tertiary/aromatic N) is 2. The highest BCUT2D eigenvalue weighted by Gasteiger charge is 2.09. The van der Waals surface area contributed by atoms with Crippen LogP contribution in [0.25, 0.3) is 0 Å². The van der Waals surface area contributed by atoms with E-state index in [-0.39, 0.29) is 5.56 Å². The quantitative estimate of drug-likeness (QED) is 0.528. The van der Waals surface area contributed by atoms with Gasteiger partial charge in [-0.05, 0) is 56.3 Å². The van der Waals surface area contributed by atoms with Gasteiger partial charge in [-0.15, -0.1) is 0 Å². The average molecular weight is 337 g/mol. The Morgan fingerprint density at radius 2 is 2.04 bits per heavy atom. The third-order valence-corrected chi connectivity index (χ3v) is 4.04. The highest BCUT2D eigenvalue weighted by atomic mass is 16.4. The number of aryl methyl sites for hydroxylation is 1. The second-order valence-electron chi connectivity index (χ2n) is 5.74. The molecule has 0 bridgehead atoms. The molecular weight excluding hydrogens is 318 g/mol. The van der Waals surface area contributed by atoms with Crippen molar-refractivity contribution < 1.29 is 14.3 Å². The van der Waals surface area contributed by atoms with E-state index in [2.05, 4.69) is 21.2 Å². The standard InChI is InChI=1S/C19H19N3O3/c1-13-10-16(14(2)22(13)12-18-4-3-9-25-18)11-20-21-17-7-5-15(6-8-17)19(23)24/h3-11,21H,12H2,1-2H3,(H,23,24)/b20-11+. The smallest absolute Gasteiger partial charge is 0.335 e. The van der Waals surface area contributed by atoms with Gasteiger partial charge in [-0.1, -0.05) is 0 Å². The number of aromatic carboxylic acids is 1. The van der Waals surface area contributed by atoms with E-state index in [1.807, 2.05) is 26.0 Å². The predicted octanol–water partition coefficient (Wildman–Crippen LogP) is 3.89. The number of carboxylic acid groups (broad SMARTS) is 1. The fourth-order valence-electron chi connectivity index (χ4n) is 2.62. The van der Waals surface area contributed by atoms with Crippen molar-refractivity contribution in [2.24, 2.45) is 5.10 Å². The molecular formula is C19H19N3O3. The molecule has 0 saturated carbocycles. The molecule has 0 fully saturated rings. The van der Waals surface area contributed by atoms with Crippen LogP contribution in [0.3, 0.4) is 0 Å². The van der Waals surface area contributed by atoms with Gasteiger partial charge in [0.15, 0.2) is 0 Å². The zero-order valence-corrected chi connectivity index (χ0v) is 14.1. The lowest BCUT2D eigenvalue weighted by atomic mass is 10.2. The second kappa shape index (κ2) is 7.09. The highest BCUT2D eigenvalue weighted by molar-refractivity contribution is 5.88. The van der Waals surface area contributed by atoms with Crippen molar-refractivity contribution in [1.29, 1.82) is 0 Å². The lowest BCUT2D eigenvalue weighted by Crippen LogP contribution is -2.03. The normalized spacial score (nSPS) is 11.1. The first-order valence-corrected chi connectivity index (χ1v) is 7.86. The molecule has 6 heteroatoms. The van der Waals surface area contributed by atoms with Gasteiger partial charge < -0.3 is 14.1 Å². The van der Waals surface area contributed by atoms with Crippen LogP contribution in [0.2, 0.25) is 0 Å². The summed E-state index contributed by atoms with van der Waals surface area (Å²) in [4.78, 5) is 10.8. The minimum Gasteiger partial charge on any atom is -0.478 e. The molecule has 0 spiro atoms. The summed E-state index contributed by atoms with van der Waals surface area (Å²) in [6.45, 7) is 4.77. The molecule has 0 aliphatic heterocycles. The van der Waals surface area contributed by atoms with Gasteiger partial charge >= 0.3 is 5.97 Å². The summed E-state index contributed by atoms with van der Waals surface area (Å²) in [5, 5.41) is 13.1. The predicted molar refractivity (Wildman–Crippen MR) is 96.3 cm³/mol. The van der Waals surface area contributed by atoms with Crippen molar-refractivity contribution >= 4 is 17.9 Å². The number of rotatable bonds is 6. The number of aromatic nitrogens is 1. The molecule has 3 aromatic rings. The fraction of sp³-hybridized carbons (Fsp3) is 0.158. The maximum atomic E-state index is 10.8. The van der Waals surface area contributed by atoms with Crippen LogP contribution in [-0.2, 0) is 6.54 Å². The zero-order valence-electron chi connectivity index (χ0n) is 14.1. The molecule has 2 N–H and O–H groups in total. The molecule has 0 aliphatic rings. The minimum atomic E-state index is -0.945. The molecule has 2 aromatic heterocycles. The van der Waals surface area contributed by atoms with Crippen molar-refractivity contribution in [1.82, 2.24) is 4.57 Å². The number of hydrogen-bond donors (Lipinski definition) is 2. The van der Waals surface area contributed by atoms with Crippen LogP contribution in [0.4, 0.5) is 5.69 Å². The van der Waals surface area contributed by atoms with Crippen molar-refractivity contribution in [2.45, 2.75) is 20.4 Å². The first-order valence-electron chi connectivity index (χ1n) is 7.86. The topological polar surface area (TPSA) is 79.8 Å². The Balaban J connectivity index is 1.70. The molecule has 6 nitrogen and oxygen atoms in total. The van der Waals surface area contributed by atoms with Gasteiger partial charge in [0.2, 0.25) is 0 Å². The van der Waals surface area contributed by atoms with Crippen LogP contribution in [0.5, 0.6) is 0 Å². The Morgan fingerprint density at radius 1 is 1.28 bits per heavy atom. The Bertz CT molecular complexity index is 891. The van der Waals surface area contributed by atoms with Gasteiger partial charge in [0.05, 0.1) is 30.3 Å². The second-order valence-corrected chi connectivity index (χ2v) is 5.74. The summed E-state index contributed by atoms with van der Waals surface area (Å²) in [5.74, 6) is -0.0408. The van der Waals surface area contributed by atoms with Crippen LogP contribution >= 0.6 is 0 Å². The molecule has 2 heterocycles. The van der Waals surface area contributed by atoms with Gasteiger partial charge in [0, 0.05) is 17.0 Å².